The highest BCUT2D eigenvalue weighted by atomic mass is 16.4. The van der Waals surface area contributed by atoms with Gasteiger partial charge in [-0.2, -0.15) is 4.98 Å². The quantitative estimate of drug-likeness (QED) is 0.695. The number of fused-ring (bicyclic) bond motifs is 1. The highest BCUT2D eigenvalue weighted by Crippen LogP contribution is 2.26. The van der Waals surface area contributed by atoms with Gasteiger partial charge in [-0.05, 0) is 38.3 Å². The van der Waals surface area contributed by atoms with Gasteiger partial charge in [0.25, 0.3) is 6.01 Å². The summed E-state index contributed by atoms with van der Waals surface area (Å²) >= 11 is 0. The number of amides is 1. The summed E-state index contributed by atoms with van der Waals surface area (Å²) in [5, 5.41) is 11.0. The van der Waals surface area contributed by atoms with Crippen LogP contribution in [0.25, 0.3) is 11.2 Å². The van der Waals surface area contributed by atoms with Crippen molar-refractivity contribution in [3.8, 4) is 0 Å². The molecule has 28 heavy (non-hydrogen) atoms. The summed E-state index contributed by atoms with van der Waals surface area (Å²) in [6.45, 7) is 6.77. The Morgan fingerprint density at radius 1 is 1.29 bits per heavy atom. The standard InChI is InChI=1S/C19H25N7O2/c1-3-8-26-12-21-24-16(26)11-20-18(27)14-6-9-25(10-7-14)19-23-17-15(28-19)5-4-13(2)22-17/h4-5,12,14H,3,6-11H2,1-2H3,(H,20,27). The summed E-state index contributed by atoms with van der Waals surface area (Å²) in [6, 6.07) is 4.39. The fraction of sp³-hybridized carbons (Fsp3) is 0.526. The van der Waals surface area contributed by atoms with Gasteiger partial charge in [0.15, 0.2) is 11.4 Å². The smallest absolute Gasteiger partial charge is 0.299 e. The third-order valence-electron chi connectivity index (χ3n) is 5.10. The van der Waals surface area contributed by atoms with E-state index < -0.39 is 0 Å². The molecule has 3 aromatic heterocycles. The summed E-state index contributed by atoms with van der Waals surface area (Å²) < 4.78 is 7.80. The molecule has 4 rings (SSSR count). The van der Waals surface area contributed by atoms with Crippen molar-refractivity contribution in [3.05, 3.63) is 30.0 Å². The van der Waals surface area contributed by atoms with Crippen LogP contribution in [0.2, 0.25) is 0 Å². The van der Waals surface area contributed by atoms with Crippen LogP contribution >= 0.6 is 0 Å². The first kappa shape index (κ1) is 18.4. The van der Waals surface area contributed by atoms with Crippen molar-refractivity contribution in [2.45, 2.75) is 46.2 Å². The number of nitrogens with zero attached hydrogens (tertiary/aromatic N) is 6. The first-order chi connectivity index (χ1) is 13.6. The van der Waals surface area contributed by atoms with Crippen LogP contribution in [0, 0.1) is 12.8 Å². The molecule has 0 aromatic carbocycles. The molecule has 1 aliphatic rings. The monoisotopic (exact) mass is 383 g/mol. The predicted molar refractivity (Wildman–Crippen MR) is 104 cm³/mol. The van der Waals surface area contributed by atoms with Gasteiger partial charge < -0.3 is 19.2 Å². The second-order valence-electron chi connectivity index (χ2n) is 7.19. The zero-order chi connectivity index (χ0) is 19.5. The first-order valence-electron chi connectivity index (χ1n) is 9.77. The lowest BCUT2D eigenvalue weighted by atomic mass is 9.96. The van der Waals surface area contributed by atoms with Gasteiger partial charge in [0, 0.05) is 31.2 Å². The van der Waals surface area contributed by atoms with Crippen LogP contribution in [0.5, 0.6) is 0 Å². The molecule has 1 N–H and O–H groups in total. The van der Waals surface area contributed by atoms with Crippen LogP contribution in [0.3, 0.4) is 0 Å². The van der Waals surface area contributed by atoms with Crippen molar-refractivity contribution in [1.29, 1.82) is 0 Å². The van der Waals surface area contributed by atoms with Crippen molar-refractivity contribution in [2.24, 2.45) is 5.92 Å². The average Bonchev–Trinajstić information content (AvgIpc) is 3.33. The third kappa shape index (κ3) is 3.83. The van der Waals surface area contributed by atoms with Crippen LogP contribution in [0.1, 0.15) is 37.7 Å². The minimum atomic E-state index is -0.0106. The molecule has 0 unspecified atom stereocenters. The summed E-state index contributed by atoms with van der Waals surface area (Å²) in [6.07, 6.45) is 4.24. The van der Waals surface area contributed by atoms with Gasteiger partial charge in [0.2, 0.25) is 11.6 Å². The van der Waals surface area contributed by atoms with Gasteiger partial charge in [-0.25, -0.2) is 4.98 Å². The molecule has 0 aliphatic carbocycles. The number of rotatable bonds is 6. The Hall–Kier alpha value is -2.97. The largest absolute Gasteiger partial charge is 0.422 e. The molecule has 1 fully saturated rings. The summed E-state index contributed by atoms with van der Waals surface area (Å²) in [5.74, 6) is 0.853. The maximum absolute atomic E-state index is 12.5. The van der Waals surface area contributed by atoms with Crippen molar-refractivity contribution in [3.63, 3.8) is 0 Å². The van der Waals surface area contributed by atoms with Gasteiger partial charge in [-0.3, -0.25) is 4.79 Å². The number of hydrogen-bond acceptors (Lipinski definition) is 7. The van der Waals surface area contributed by atoms with E-state index in [-0.39, 0.29) is 11.8 Å². The Morgan fingerprint density at radius 3 is 2.89 bits per heavy atom. The number of pyridine rings is 1. The van der Waals surface area contributed by atoms with Crippen LogP contribution in [0.15, 0.2) is 22.9 Å². The van der Waals surface area contributed by atoms with E-state index in [2.05, 4.69) is 37.3 Å². The van der Waals surface area contributed by atoms with Crippen LogP contribution in [-0.4, -0.2) is 43.7 Å². The molecular formula is C19H25N7O2. The Labute approximate surface area is 163 Å². The third-order valence-corrected chi connectivity index (χ3v) is 5.10. The molecule has 0 radical (unpaired) electrons. The lowest BCUT2D eigenvalue weighted by Crippen LogP contribution is -2.40. The minimum absolute atomic E-state index is 0.0106. The van der Waals surface area contributed by atoms with Gasteiger partial charge >= 0.3 is 0 Å². The van der Waals surface area contributed by atoms with Crippen molar-refractivity contribution >= 4 is 23.2 Å². The Kier molecular flexibility index (Phi) is 5.23. The molecular weight excluding hydrogens is 358 g/mol. The van der Waals surface area contributed by atoms with Crippen molar-refractivity contribution in [2.75, 3.05) is 18.0 Å². The SMILES string of the molecule is CCCn1cnnc1CNC(=O)C1CCN(c2nc3nc(C)ccc3o2)CC1. The highest BCUT2D eigenvalue weighted by molar-refractivity contribution is 5.79. The van der Waals surface area contributed by atoms with E-state index in [0.717, 1.165) is 50.4 Å². The molecule has 3 aromatic rings. The predicted octanol–water partition coefficient (Wildman–Crippen LogP) is 2.07. The van der Waals surface area contributed by atoms with Crippen LogP contribution in [-0.2, 0) is 17.9 Å². The number of anilines is 1. The van der Waals surface area contributed by atoms with E-state index >= 15 is 0 Å². The molecule has 0 spiro atoms. The molecule has 148 valence electrons. The number of aryl methyl sites for hydroxylation is 2. The molecule has 1 amide bonds. The number of oxazole rings is 1. The molecule has 1 saturated heterocycles. The second-order valence-corrected chi connectivity index (χ2v) is 7.19. The maximum Gasteiger partial charge on any atom is 0.299 e. The van der Waals surface area contributed by atoms with Crippen molar-refractivity contribution in [1.82, 2.24) is 30.0 Å². The Morgan fingerprint density at radius 2 is 2.11 bits per heavy atom. The molecule has 0 atom stereocenters. The molecule has 1 aliphatic heterocycles. The van der Waals surface area contributed by atoms with E-state index in [4.69, 9.17) is 4.42 Å². The summed E-state index contributed by atoms with van der Waals surface area (Å²) in [5.41, 5.74) is 2.24. The summed E-state index contributed by atoms with van der Waals surface area (Å²) in [7, 11) is 0. The Balaban J connectivity index is 1.31. The number of carbonyl (C=O) groups excluding carboxylic acids is 1. The maximum atomic E-state index is 12.5. The number of nitrogens with one attached hydrogen (secondary N) is 1. The van der Waals surface area contributed by atoms with Crippen LogP contribution in [0.4, 0.5) is 6.01 Å². The number of carbonyl (C=O) groups is 1. The average molecular weight is 383 g/mol. The lowest BCUT2D eigenvalue weighted by molar-refractivity contribution is -0.125. The van der Waals surface area contributed by atoms with E-state index in [1.54, 1.807) is 6.33 Å². The molecule has 9 heteroatoms. The van der Waals surface area contributed by atoms with E-state index in [1.165, 1.54) is 0 Å². The van der Waals surface area contributed by atoms with E-state index in [1.807, 2.05) is 23.6 Å². The zero-order valence-electron chi connectivity index (χ0n) is 16.3. The number of hydrogen-bond donors (Lipinski definition) is 1. The molecule has 0 saturated carbocycles. The van der Waals surface area contributed by atoms with Gasteiger partial charge in [-0.15, -0.1) is 10.2 Å². The van der Waals surface area contributed by atoms with E-state index in [0.29, 0.717) is 23.8 Å². The first-order valence-corrected chi connectivity index (χ1v) is 9.77. The minimum Gasteiger partial charge on any atom is -0.422 e. The van der Waals surface area contributed by atoms with Gasteiger partial charge in [0.05, 0.1) is 6.54 Å². The lowest BCUT2D eigenvalue weighted by Gasteiger charge is -2.30. The topological polar surface area (TPSA) is 102 Å². The van der Waals surface area contributed by atoms with Gasteiger partial charge in [-0.1, -0.05) is 6.92 Å². The highest BCUT2D eigenvalue weighted by Gasteiger charge is 2.27. The molecule has 9 nitrogen and oxygen atoms in total. The van der Waals surface area contributed by atoms with E-state index in [9.17, 15) is 4.79 Å². The van der Waals surface area contributed by atoms with Gasteiger partial charge in [0.1, 0.15) is 6.33 Å². The van der Waals surface area contributed by atoms with Crippen molar-refractivity contribution < 1.29 is 9.21 Å². The fourth-order valence-electron chi connectivity index (χ4n) is 3.52. The second kappa shape index (κ2) is 7.95. The number of aromatic nitrogens is 5. The summed E-state index contributed by atoms with van der Waals surface area (Å²) in [4.78, 5) is 23.5. The molecule has 0 bridgehead atoms. The zero-order valence-corrected chi connectivity index (χ0v) is 16.3. The normalized spacial score (nSPS) is 15.3. The Bertz CT molecular complexity index is 956. The van der Waals surface area contributed by atoms with Crippen LogP contribution < -0.4 is 10.2 Å². The molecule has 4 heterocycles. The fourth-order valence-corrected chi connectivity index (χ4v) is 3.52. The number of piperidine rings is 1.